The van der Waals surface area contributed by atoms with Gasteiger partial charge in [0, 0.05) is 32.1 Å². The molecule has 1 saturated heterocycles. The van der Waals surface area contributed by atoms with E-state index in [-0.39, 0.29) is 23.9 Å². The Labute approximate surface area is 188 Å². The highest BCUT2D eigenvalue weighted by Gasteiger charge is 2.36. The molecule has 1 saturated carbocycles. The van der Waals surface area contributed by atoms with Crippen LogP contribution in [-0.2, 0) is 10.0 Å². The molecule has 0 unspecified atom stereocenters. The minimum absolute atomic E-state index is 0.0662. The van der Waals surface area contributed by atoms with Gasteiger partial charge in [0.25, 0.3) is 5.91 Å². The van der Waals surface area contributed by atoms with E-state index in [4.69, 9.17) is 0 Å². The van der Waals surface area contributed by atoms with Crippen LogP contribution in [0.2, 0.25) is 0 Å². The number of hydrogen-bond donors (Lipinski definition) is 0. The molecule has 0 spiro atoms. The summed E-state index contributed by atoms with van der Waals surface area (Å²) in [7, 11) is -3.55. The molecule has 32 heavy (non-hydrogen) atoms. The number of carbonyl (C=O) groups is 1. The highest BCUT2D eigenvalue weighted by Crippen LogP contribution is 2.43. The summed E-state index contributed by atoms with van der Waals surface area (Å²) in [5.41, 5.74) is 3.71. The molecule has 5 rings (SSSR count). The van der Waals surface area contributed by atoms with Gasteiger partial charge in [-0.2, -0.15) is 9.40 Å². The van der Waals surface area contributed by atoms with Crippen LogP contribution >= 0.6 is 0 Å². The molecule has 3 aromatic rings. The zero-order valence-electron chi connectivity index (χ0n) is 18.0. The number of rotatable bonds is 5. The van der Waals surface area contributed by atoms with Crippen LogP contribution in [0.3, 0.4) is 0 Å². The SMILES string of the molecule is Cc1ccccc1-n1ncc(C(=O)N2CCN(S(=O)(=O)c3ccccc3)CC2)c1C1CC1. The van der Waals surface area contributed by atoms with E-state index in [9.17, 15) is 13.2 Å². The van der Waals surface area contributed by atoms with Crippen LogP contribution in [-0.4, -0.2) is 59.5 Å². The van der Waals surface area contributed by atoms with Crippen molar-refractivity contribution in [3.8, 4) is 5.69 Å². The van der Waals surface area contributed by atoms with Gasteiger partial charge in [0.2, 0.25) is 10.0 Å². The minimum Gasteiger partial charge on any atom is -0.336 e. The molecule has 0 N–H and O–H groups in total. The summed E-state index contributed by atoms with van der Waals surface area (Å²) < 4.78 is 29.1. The molecule has 2 aromatic carbocycles. The molecule has 1 aromatic heterocycles. The van der Waals surface area contributed by atoms with Gasteiger partial charge in [0.15, 0.2) is 0 Å². The molecular formula is C24H26N4O3S. The Morgan fingerprint density at radius 3 is 2.25 bits per heavy atom. The maximum absolute atomic E-state index is 13.4. The second-order valence-corrected chi connectivity index (χ2v) is 10.4. The highest BCUT2D eigenvalue weighted by molar-refractivity contribution is 7.89. The number of sulfonamides is 1. The van der Waals surface area contributed by atoms with Crippen molar-refractivity contribution >= 4 is 15.9 Å². The number of benzene rings is 2. The third kappa shape index (κ3) is 3.73. The van der Waals surface area contributed by atoms with Gasteiger partial charge in [-0.15, -0.1) is 0 Å². The first-order chi connectivity index (χ1) is 15.5. The van der Waals surface area contributed by atoms with Crippen molar-refractivity contribution in [2.45, 2.75) is 30.6 Å². The molecule has 2 aliphatic rings. The van der Waals surface area contributed by atoms with Crippen molar-refractivity contribution in [3.05, 3.63) is 77.6 Å². The minimum atomic E-state index is -3.55. The molecule has 0 bridgehead atoms. The van der Waals surface area contributed by atoms with Crippen molar-refractivity contribution in [1.82, 2.24) is 19.0 Å². The van der Waals surface area contributed by atoms with Gasteiger partial charge in [-0.25, -0.2) is 13.1 Å². The maximum atomic E-state index is 13.4. The molecule has 1 aliphatic carbocycles. The van der Waals surface area contributed by atoms with Crippen LogP contribution in [0.4, 0.5) is 0 Å². The van der Waals surface area contributed by atoms with Crippen LogP contribution in [0.1, 0.15) is 40.4 Å². The normalized spacial score (nSPS) is 17.5. The Bertz CT molecular complexity index is 1240. The van der Waals surface area contributed by atoms with E-state index in [0.717, 1.165) is 29.8 Å². The molecule has 1 aliphatic heterocycles. The molecule has 8 heteroatoms. The highest BCUT2D eigenvalue weighted by atomic mass is 32.2. The number of aryl methyl sites for hydroxylation is 1. The second kappa shape index (κ2) is 8.18. The zero-order chi connectivity index (χ0) is 22.3. The Balaban J connectivity index is 1.36. The van der Waals surface area contributed by atoms with Crippen molar-refractivity contribution in [2.24, 2.45) is 0 Å². The molecular weight excluding hydrogens is 424 g/mol. The Hall–Kier alpha value is -2.97. The monoisotopic (exact) mass is 450 g/mol. The summed E-state index contributed by atoms with van der Waals surface area (Å²) >= 11 is 0. The fraction of sp³-hybridized carbons (Fsp3) is 0.333. The summed E-state index contributed by atoms with van der Waals surface area (Å²) in [5, 5.41) is 4.58. The van der Waals surface area contributed by atoms with Gasteiger partial charge in [-0.3, -0.25) is 4.79 Å². The fourth-order valence-corrected chi connectivity index (χ4v) is 5.75. The molecule has 166 valence electrons. The van der Waals surface area contributed by atoms with Crippen LogP contribution in [0.5, 0.6) is 0 Å². The quantitative estimate of drug-likeness (QED) is 0.598. The predicted octanol–water partition coefficient (Wildman–Crippen LogP) is 3.20. The molecule has 7 nitrogen and oxygen atoms in total. The molecule has 0 radical (unpaired) electrons. The lowest BCUT2D eigenvalue weighted by molar-refractivity contribution is 0.0696. The lowest BCUT2D eigenvalue weighted by Crippen LogP contribution is -2.50. The van der Waals surface area contributed by atoms with Gasteiger partial charge in [-0.05, 0) is 43.5 Å². The first-order valence-electron chi connectivity index (χ1n) is 10.9. The Morgan fingerprint density at radius 2 is 1.59 bits per heavy atom. The van der Waals surface area contributed by atoms with Gasteiger partial charge in [0.1, 0.15) is 0 Å². The topological polar surface area (TPSA) is 75.5 Å². The second-order valence-electron chi connectivity index (χ2n) is 8.43. The van der Waals surface area contributed by atoms with E-state index in [1.54, 1.807) is 41.4 Å². The Kier molecular flexibility index (Phi) is 5.35. The number of piperazine rings is 1. The van der Waals surface area contributed by atoms with Gasteiger partial charge >= 0.3 is 0 Å². The van der Waals surface area contributed by atoms with Crippen molar-refractivity contribution < 1.29 is 13.2 Å². The first kappa shape index (κ1) is 20.9. The van der Waals surface area contributed by atoms with Gasteiger partial charge < -0.3 is 4.90 Å². The maximum Gasteiger partial charge on any atom is 0.257 e. The fourth-order valence-electron chi connectivity index (χ4n) is 4.31. The summed E-state index contributed by atoms with van der Waals surface area (Å²) in [6, 6.07) is 16.5. The molecule has 2 fully saturated rings. The third-order valence-corrected chi connectivity index (χ3v) is 8.16. The van der Waals surface area contributed by atoms with Gasteiger partial charge in [-0.1, -0.05) is 36.4 Å². The van der Waals surface area contributed by atoms with Crippen LogP contribution in [0.25, 0.3) is 5.69 Å². The van der Waals surface area contributed by atoms with Crippen LogP contribution < -0.4 is 0 Å². The number of hydrogen-bond acceptors (Lipinski definition) is 4. The summed E-state index contributed by atoms with van der Waals surface area (Å²) in [6.45, 7) is 3.35. The molecule has 1 amide bonds. The standard InChI is InChI=1S/C24H26N4O3S/c1-18-7-5-6-10-22(18)28-23(19-11-12-19)21(17-25-28)24(29)26-13-15-27(16-14-26)32(30,31)20-8-3-2-4-9-20/h2-10,17,19H,11-16H2,1H3. The van der Waals surface area contributed by atoms with E-state index < -0.39 is 10.0 Å². The lowest BCUT2D eigenvalue weighted by atomic mass is 10.1. The number of para-hydroxylation sites is 1. The van der Waals surface area contributed by atoms with E-state index in [2.05, 4.69) is 5.10 Å². The zero-order valence-corrected chi connectivity index (χ0v) is 18.8. The first-order valence-corrected chi connectivity index (χ1v) is 12.4. The van der Waals surface area contributed by atoms with E-state index in [1.165, 1.54) is 4.31 Å². The summed E-state index contributed by atoms with van der Waals surface area (Å²) in [5.74, 6) is 0.277. The average molecular weight is 451 g/mol. The summed E-state index contributed by atoms with van der Waals surface area (Å²) in [4.78, 5) is 15.5. The average Bonchev–Trinajstić information content (AvgIpc) is 3.57. The number of amides is 1. The summed E-state index contributed by atoms with van der Waals surface area (Å²) in [6.07, 6.45) is 3.79. The predicted molar refractivity (Wildman–Crippen MR) is 121 cm³/mol. The van der Waals surface area contributed by atoms with Gasteiger partial charge in [0.05, 0.1) is 28.0 Å². The Morgan fingerprint density at radius 1 is 0.938 bits per heavy atom. The molecule has 2 heterocycles. The van der Waals surface area contributed by atoms with Crippen molar-refractivity contribution in [1.29, 1.82) is 0 Å². The van der Waals surface area contributed by atoms with Crippen LogP contribution in [0, 0.1) is 6.92 Å². The largest absolute Gasteiger partial charge is 0.336 e. The lowest BCUT2D eigenvalue weighted by Gasteiger charge is -2.34. The smallest absolute Gasteiger partial charge is 0.257 e. The number of aromatic nitrogens is 2. The number of carbonyl (C=O) groups excluding carboxylic acids is 1. The van der Waals surface area contributed by atoms with Crippen molar-refractivity contribution in [2.75, 3.05) is 26.2 Å². The number of nitrogens with zero attached hydrogens (tertiary/aromatic N) is 4. The van der Waals surface area contributed by atoms with E-state index in [0.29, 0.717) is 24.6 Å². The van der Waals surface area contributed by atoms with Crippen molar-refractivity contribution in [3.63, 3.8) is 0 Å². The van der Waals surface area contributed by atoms with E-state index in [1.807, 2.05) is 35.9 Å². The molecule has 0 atom stereocenters. The van der Waals surface area contributed by atoms with Crippen LogP contribution in [0.15, 0.2) is 65.7 Å². The third-order valence-electron chi connectivity index (χ3n) is 6.25. The van der Waals surface area contributed by atoms with E-state index >= 15 is 0 Å².